The van der Waals surface area contributed by atoms with E-state index in [9.17, 15) is 10.1 Å². The number of aromatic nitrogens is 4. The van der Waals surface area contributed by atoms with E-state index in [1.54, 1.807) is 37.3 Å². The molecule has 2 aromatic heterocycles. The lowest BCUT2D eigenvalue weighted by Crippen LogP contribution is -2.29. The summed E-state index contributed by atoms with van der Waals surface area (Å²) in [4.78, 5) is 25.0. The quantitative estimate of drug-likeness (QED) is 0.344. The van der Waals surface area contributed by atoms with E-state index in [0.717, 1.165) is 18.8 Å². The first-order valence-electron chi connectivity index (χ1n) is 11.0. The molecule has 0 spiro atoms. The van der Waals surface area contributed by atoms with Gasteiger partial charge in [-0.3, -0.25) is 9.48 Å². The van der Waals surface area contributed by atoms with Crippen molar-refractivity contribution in [3.63, 3.8) is 0 Å². The number of rotatable bonds is 11. The van der Waals surface area contributed by atoms with Gasteiger partial charge in [-0.25, -0.2) is 4.98 Å². The molecular formula is C24H30N10O2. The normalized spacial score (nSPS) is 10.5. The highest BCUT2D eigenvalue weighted by molar-refractivity contribution is 6.02. The van der Waals surface area contributed by atoms with E-state index in [4.69, 9.17) is 4.74 Å². The molecule has 3 rings (SSSR count). The van der Waals surface area contributed by atoms with Crippen molar-refractivity contribution in [2.45, 2.75) is 0 Å². The van der Waals surface area contributed by atoms with E-state index in [1.807, 2.05) is 32.1 Å². The van der Waals surface area contributed by atoms with Crippen molar-refractivity contribution in [1.29, 1.82) is 5.26 Å². The number of anilines is 6. The molecule has 3 aromatic rings. The van der Waals surface area contributed by atoms with Crippen LogP contribution < -0.4 is 25.6 Å². The van der Waals surface area contributed by atoms with E-state index in [2.05, 4.69) is 48.6 Å². The van der Waals surface area contributed by atoms with Crippen molar-refractivity contribution in [2.75, 3.05) is 62.2 Å². The molecule has 12 nitrogen and oxygen atoms in total. The Hall–Kier alpha value is -4.63. The minimum atomic E-state index is -0.342. The van der Waals surface area contributed by atoms with Crippen LogP contribution in [0, 0.1) is 11.3 Å². The Labute approximate surface area is 210 Å². The number of amides is 1. The Balaban J connectivity index is 1.97. The second-order valence-corrected chi connectivity index (χ2v) is 8.21. The number of methoxy groups -OCH3 is 1. The summed E-state index contributed by atoms with van der Waals surface area (Å²) in [5.74, 6) is 0.731. The van der Waals surface area contributed by atoms with Gasteiger partial charge in [0.25, 0.3) is 0 Å². The fraction of sp³-hybridized carbons (Fsp3) is 0.292. The molecule has 0 aliphatic rings. The standard InChI is InChI=1S/C24H30N10O2/c1-7-22(35)29-18-10-19(21(36-6)11-20(18)33(4)9-8-32(2)3)30-24-26-13-16(12-25)23(31-24)28-17-14-27-34(5)15-17/h7,10-11,13-15H,1,8-9H2,2-6H3,(H,29,35)(H2,26,28,30,31). The van der Waals surface area contributed by atoms with E-state index >= 15 is 0 Å². The summed E-state index contributed by atoms with van der Waals surface area (Å²) in [7, 11) is 9.28. The molecule has 188 valence electrons. The number of nitriles is 1. The topological polar surface area (TPSA) is 136 Å². The van der Waals surface area contributed by atoms with Gasteiger partial charge in [-0.2, -0.15) is 15.3 Å². The van der Waals surface area contributed by atoms with Gasteiger partial charge < -0.3 is 30.5 Å². The predicted molar refractivity (Wildman–Crippen MR) is 140 cm³/mol. The smallest absolute Gasteiger partial charge is 0.247 e. The molecule has 1 amide bonds. The number of nitrogens with one attached hydrogen (secondary N) is 3. The fourth-order valence-corrected chi connectivity index (χ4v) is 3.27. The first-order chi connectivity index (χ1) is 17.2. The number of hydrogen-bond acceptors (Lipinski definition) is 10. The van der Waals surface area contributed by atoms with Gasteiger partial charge in [0.15, 0.2) is 5.82 Å². The van der Waals surface area contributed by atoms with Gasteiger partial charge in [0, 0.05) is 39.4 Å². The average Bonchev–Trinajstić information content (AvgIpc) is 3.27. The van der Waals surface area contributed by atoms with Gasteiger partial charge in [0.2, 0.25) is 11.9 Å². The zero-order valence-electron chi connectivity index (χ0n) is 21.0. The van der Waals surface area contributed by atoms with Crippen molar-refractivity contribution in [3.05, 3.63) is 48.9 Å². The second kappa shape index (κ2) is 11.7. The number of carbonyl (C=O) groups is 1. The minimum Gasteiger partial charge on any atom is -0.494 e. The summed E-state index contributed by atoms with van der Waals surface area (Å²) in [6.07, 6.45) is 6.02. The van der Waals surface area contributed by atoms with Crippen LogP contribution in [-0.2, 0) is 11.8 Å². The first-order valence-corrected chi connectivity index (χ1v) is 11.0. The van der Waals surface area contributed by atoms with Crippen LogP contribution in [-0.4, -0.2) is 71.9 Å². The summed E-state index contributed by atoms with van der Waals surface area (Å²) in [6, 6.07) is 5.66. The van der Waals surface area contributed by atoms with Crippen molar-refractivity contribution in [3.8, 4) is 11.8 Å². The molecule has 1 aromatic carbocycles. The Bertz CT molecular complexity index is 1280. The summed E-state index contributed by atoms with van der Waals surface area (Å²) >= 11 is 0. The lowest BCUT2D eigenvalue weighted by molar-refractivity contribution is -0.111. The average molecular weight is 491 g/mol. The second-order valence-electron chi connectivity index (χ2n) is 8.21. The summed E-state index contributed by atoms with van der Waals surface area (Å²) in [5, 5.41) is 22.7. The highest BCUT2D eigenvalue weighted by atomic mass is 16.5. The van der Waals surface area contributed by atoms with Gasteiger partial charge in [0.1, 0.15) is 17.4 Å². The van der Waals surface area contributed by atoms with E-state index in [1.165, 1.54) is 12.3 Å². The van der Waals surface area contributed by atoms with Gasteiger partial charge >= 0.3 is 0 Å². The third-order valence-electron chi connectivity index (χ3n) is 5.18. The Kier molecular flexibility index (Phi) is 8.43. The Morgan fingerprint density at radius 2 is 2.00 bits per heavy atom. The van der Waals surface area contributed by atoms with Crippen molar-refractivity contribution in [1.82, 2.24) is 24.6 Å². The number of hydrogen-bond donors (Lipinski definition) is 3. The van der Waals surface area contributed by atoms with Crippen LogP contribution in [0.15, 0.2) is 43.4 Å². The van der Waals surface area contributed by atoms with Crippen molar-refractivity contribution >= 4 is 40.4 Å². The molecule has 36 heavy (non-hydrogen) atoms. The van der Waals surface area contributed by atoms with E-state index in [0.29, 0.717) is 28.6 Å². The number of ether oxygens (including phenoxy) is 1. The summed E-state index contributed by atoms with van der Waals surface area (Å²) in [6.45, 7) is 5.09. The van der Waals surface area contributed by atoms with E-state index in [-0.39, 0.29) is 17.4 Å². The molecule has 3 N–H and O–H groups in total. The first kappa shape index (κ1) is 26.0. The third kappa shape index (κ3) is 6.49. The molecule has 0 unspecified atom stereocenters. The number of benzene rings is 1. The largest absolute Gasteiger partial charge is 0.494 e. The maximum atomic E-state index is 12.2. The molecule has 0 aliphatic heterocycles. The fourth-order valence-electron chi connectivity index (χ4n) is 3.27. The van der Waals surface area contributed by atoms with E-state index < -0.39 is 0 Å². The zero-order valence-corrected chi connectivity index (χ0v) is 21.0. The van der Waals surface area contributed by atoms with Crippen LogP contribution in [0.2, 0.25) is 0 Å². The highest BCUT2D eigenvalue weighted by Crippen LogP contribution is 2.38. The number of likely N-dealkylation sites (N-methyl/N-ethyl adjacent to an activating group) is 2. The number of carbonyl (C=O) groups excluding carboxylic acids is 1. The Morgan fingerprint density at radius 1 is 1.22 bits per heavy atom. The minimum absolute atomic E-state index is 0.230. The van der Waals surface area contributed by atoms with Crippen molar-refractivity contribution < 1.29 is 9.53 Å². The number of nitrogens with zero attached hydrogens (tertiary/aromatic N) is 7. The van der Waals surface area contributed by atoms with Crippen LogP contribution in [0.5, 0.6) is 5.75 Å². The molecule has 0 bridgehead atoms. The molecule has 12 heteroatoms. The lowest BCUT2D eigenvalue weighted by atomic mass is 10.2. The Morgan fingerprint density at radius 3 is 2.61 bits per heavy atom. The molecule has 0 saturated heterocycles. The highest BCUT2D eigenvalue weighted by Gasteiger charge is 2.17. The number of aryl methyl sites for hydroxylation is 1. The van der Waals surface area contributed by atoms with Crippen LogP contribution in [0.4, 0.5) is 34.5 Å². The maximum absolute atomic E-state index is 12.2. The molecule has 0 radical (unpaired) electrons. The zero-order chi connectivity index (χ0) is 26.2. The maximum Gasteiger partial charge on any atom is 0.247 e. The van der Waals surface area contributed by atoms with Crippen LogP contribution in [0.1, 0.15) is 5.56 Å². The van der Waals surface area contributed by atoms with Crippen LogP contribution >= 0.6 is 0 Å². The molecular weight excluding hydrogens is 460 g/mol. The predicted octanol–water partition coefficient (Wildman–Crippen LogP) is 2.70. The molecule has 0 saturated carbocycles. The third-order valence-corrected chi connectivity index (χ3v) is 5.18. The van der Waals surface area contributed by atoms with Gasteiger partial charge in [-0.1, -0.05) is 6.58 Å². The molecule has 2 heterocycles. The van der Waals surface area contributed by atoms with Crippen molar-refractivity contribution in [2.24, 2.45) is 7.05 Å². The monoisotopic (exact) mass is 490 g/mol. The molecule has 0 fully saturated rings. The van der Waals surface area contributed by atoms with Crippen LogP contribution in [0.25, 0.3) is 0 Å². The van der Waals surface area contributed by atoms with Gasteiger partial charge in [-0.05, 0) is 26.2 Å². The molecule has 0 atom stereocenters. The van der Waals surface area contributed by atoms with Gasteiger partial charge in [-0.15, -0.1) is 0 Å². The SMILES string of the molecule is C=CC(=O)Nc1cc(Nc2ncc(C#N)c(Nc3cnn(C)c3)n2)c(OC)cc1N(C)CCN(C)C. The molecule has 0 aliphatic carbocycles. The van der Waals surface area contributed by atoms with Crippen LogP contribution in [0.3, 0.4) is 0 Å². The lowest BCUT2D eigenvalue weighted by Gasteiger charge is -2.26. The summed E-state index contributed by atoms with van der Waals surface area (Å²) in [5.41, 5.74) is 2.81. The van der Waals surface area contributed by atoms with Gasteiger partial charge in [0.05, 0.1) is 42.3 Å². The summed E-state index contributed by atoms with van der Waals surface area (Å²) < 4.78 is 7.26.